The summed E-state index contributed by atoms with van der Waals surface area (Å²) >= 11 is 3.43. The van der Waals surface area contributed by atoms with E-state index in [1.54, 1.807) is 25.6 Å². The average molecular weight is 309 g/mol. The first-order valence-corrected chi connectivity index (χ1v) is 6.57. The normalized spacial score (nSPS) is 10.1. The van der Waals surface area contributed by atoms with E-state index in [1.165, 1.54) is 0 Å². The van der Waals surface area contributed by atoms with Crippen molar-refractivity contribution in [2.45, 2.75) is 11.9 Å². The van der Waals surface area contributed by atoms with Crippen molar-refractivity contribution in [3.8, 4) is 11.5 Å². The van der Waals surface area contributed by atoms with Crippen LogP contribution in [0.2, 0.25) is 0 Å². The molecule has 0 amide bonds. The molecule has 94 valence electrons. The molecule has 1 aromatic carbocycles. The van der Waals surface area contributed by atoms with Crippen LogP contribution in [0.15, 0.2) is 36.7 Å². The van der Waals surface area contributed by atoms with Gasteiger partial charge in [0.05, 0.1) is 7.11 Å². The van der Waals surface area contributed by atoms with Gasteiger partial charge in [-0.15, -0.1) is 0 Å². The zero-order valence-electron chi connectivity index (χ0n) is 9.97. The summed E-state index contributed by atoms with van der Waals surface area (Å²) in [6.45, 7) is 0.341. The highest BCUT2D eigenvalue weighted by Gasteiger charge is 2.06. The monoisotopic (exact) mass is 308 g/mol. The van der Waals surface area contributed by atoms with Crippen LogP contribution in [-0.4, -0.2) is 17.1 Å². The van der Waals surface area contributed by atoms with Crippen LogP contribution in [0, 0.1) is 0 Å². The third kappa shape index (κ3) is 3.20. The second-order valence-electron chi connectivity index (χ2n) is 3.56. The van der Waals surface area contributed by atoms with Crippen LogP contribution in [0.4, 0.5) is 0 Å². The molecular formula is C13H13BrN2O2. The summed E-state index contributed by atoms with van der Waals surface area (Å²) in [6, 6.07) is 7.51. The molecule has 1 aromatic heterocycles. The summed E-state index contributed by atoms with van der Waals surface area (Å²) < 4.78 is 10.9. The Labute approximate surface area is 114 Å². The van der Waals surface area contributed by atoms with E-state index in [0.717, 1.165) is 22.4 Å². The van der Waals surface area contributed by atoms with Gasteiger partial charge in [0, 0.05) is 29.4 Å². The second-order valence-corrected chi connectivity index (χ2v) is 4.12. The van der Waals surface area contributed by atoms with Gasteiger partial charge >= 0.3 is 0 Å². The molecule has 0 atom stereocenters. The van der Waals surface area contributed by atoms with E-state index < -0.39 is 0 Å². The molecule has 0 unspecified atom stereocenters. The van der Waals surface area contributed by atoms with Crippen molar-refractivity contribution in [1.82, 2.24) is 9.97 Å². The summed E-state index contributed by atoms with van der Waals surface area (Å²) in [7, 11) is 1.63. The average Bonchev–Trinajstić information content (AvgIpc) is 2.45. The number of benzene rings is 1. The number of ether oxygens (including phenoxy) is 2. The fourth-order valence-corrected chi connectivity index (χ4v) is 1.92. The third-order valence-corrected chi connectivity index (χ3v) is 3.00. The Hall–Kier alpha value is -1.62. The summed E-state index contributed by atoms with van der Waals surface area (Å²) in [4.78, 5) is 8.23. The highest BCUT2D eigenvalue weighted by atomic mass is 79.9. The summed E-state index contributed by atoms with van der Waals surface area (Å²) in [5, 5.41) is 0.724. The molecule has 1 heterocycles. The Bertz CT molecular complexity index is 506. The summed E-state index contributed by atoms with van der Waals surface area (Å²) in [5.41, 5.74) is 1.06. The third-order valence-electron chi connectivity index (χ3n) is 2.39. The molecule has 0 spiro atoms. The minimum Gasteiger partial charge on any atom is -0.497 e. The van der Waals surface area contributed by atoms with Gasteiger partial charge in [0.25, 0.3) is 0 Å². The highest BCUT2D eigenvalue weighted by molar-refractivity contribution is 9.08. The molecule has 0 saturated heterocycles. The summed E-state index contributed by atoms with van der Waals surface area (Å²) in [5.74, 6) is 2.20. The van der Waals surface area contributed by atoms with Gasteiger partial charge in [0.2, 0.25) is 0 Å². The van der Waals surface area contributed by atoms with E-state index in [4.69, 9.17) is 9.47 Å². The van der Waals surface area contributed by atoms with E-state index in [-0.39, 0.29) is 0 Å². The van der Waals surface area contributed by atoms with Crippen molar-refractivity contribution < 1.29 is 9.47 Å². The van der Waals surface area contributed by atoms with Crippen LogP contribution >= 0.6 is 15.9 Å². The molecule has 0 aliphatic heterocycles. The van der Waals surface area contributed by atoms with Gasteiger partial charge in [0.1, 0.15) is 18.1 Å². The van der Waals surface area contributed by atoms with Gasteiger partial charge in [-0.3, -0.25) is 0 Å². The van der Waals surface area contributed by atoms with Crippen molar-refractivity contribution in [1.29, 1.82) is 0 Å². The van der Waals surface area contributed by atoms with Crippen LogP contribution in [0.1, 0.15) is 11.4 Å². The maximum atomic E-state index is 5.72. The molecule has 0 aliphatic rings. The predicted molar refractivity (Wildman–Crippen MR) is 72.0 cm³/mol. The molecule has 18 heavy (non-hydrogen) atoms. The number of nitrogens with zero attached hydrogens (tertiary/aromatic N) is 2. The maximum absolute atomic E-state index is 5.72. The number of alkyl halides is 1. The van der Waals surface area contributed by atoms with Crippen LogP contribution in [0.3, 0.4) is 0 Å². The zero-order chi connectivity index (χ0) is 12.8. The smallest absolute Gasteiger partial charge is 0.166 e. The Kier molecular flexibility index (Phi) is 4.52. The Balaban J connectivity index is 2.12. The van der Waals surface area contributed by atoms with Crippen molar-refractivity contribution in [3.05, 3.63) is 48.0 Å². The van der Waals surface area contributed by atoms with E-state index in [0.29, 0.717) is 12.4 Å². The van der Waals surface area contributed by atoms with E-state index in [1.807, 2.05) is 18.2 Å². The number of methoxy groups -OCH3 is 1. The maximum Gasteiger partial charge on any atom is 0.166 e. The molecule has 0 fully saturated rings. The number of hydrogen-bond donors (Lipinski definition) is 0. The molecule has 2 aromatic rings. The largest absolute Gasteiger partial charge is 0.497 e. The first-order valence-electron chi connectivity index (χ1n) is 5.45. The molecule has 0 bridgehead atoms. The molecule has 0 aliphatic carbocycles. The van der Waals surface area contributed by atoms with E-state index in [9.17, 15) is 0 Å². The molecule has 0 saturated carbocycles. The minimum absolute atomic E-state index is 0.341. The van der Waals surface area contributed by atoms with Crippen molar-refractivity contribution >= 4 is 15.9 Å². The quantitative estimate of drug-likeness (QED) is 0.797. The lowest BCUT2D eigenvalue weighted by molar-refractivity contribution is 0.291. The molecule has 0 radical (unpaired) electrons. The molecule has 4 nitrogen and oxygen atoms in total. The van der Waals surface area contributed by atoms with Crippen molar-refractivity contribution in [2.75, 3.05) is 7.11 Å². The van der Waals surface area contributed by atoms with Crippen LogP contribution < -0.4 is 9.47 Å². The lowest BCUT2D eigenvalue weighted by Gasteiger charge is -2.10. The lowest BCUT2D eigenvalue weighted by Crippen LogP contribution is -2.02. The Morgan fingerprint density at radius 3 is 2.67 bits per heavy atom. The van der Waals surface area contributed by atoms with Crippen LogP contribution in [-0.2, 0) is 11.9 Å². The van der Waals surface area contributed by atoms with Crippen LogP contribution in [0.25, 0.3) is 0 Å². The van der Waals surface area contributed by atoms with Gasteiger partial charge in [0.15, 0.2) is 5.82 Å². The molecular weight excluding hydrogens is 296 g/mol. The van der Waals surface area contributed by atoms with E-state index >= 15 is 0 Å². The van der Waals surface area contributed by atoms with E-state index in [2.05, 4.69) is 25.9 Å². The first kappa shape index (κ1) is 12.8. The van der Waals surface area contributed by atoms with Gasteiger partial charge in [-0.2, -0.15) is 0 Å². The van der Waals surface area contributed by atoms with Crippen molar-refractivity contribution in [2.24, 2.45) is 0 Å². The van der Waals surface area contributed by atoms with Crippen molar-refractivity contribution in [3.63, 3.8) is 0 Å². The first-order chi connectivity index (χ1) is 8.83. The predicted octanol–water partition coefficient (Wildman–Crippen LogP) is 2.96. The molecule has 0 N–H and O–H groups in total. The fraction of sp³-hybridized carbons (Fsp3) is 0.231. The van der Waals surface area contributed by atoms with Gasteiger partial charge < -0.3 is 9.47 Å². The van der Waals surface area contributed by atoms with Gasteiger partial charge in [-0.25, -0.2) is 9.97 Å². The van der Waals surface area contributed by atoms with Crippen LogP contribution in [0.5, 0.6) is 11.5 Å². The Morgan fingerprint density at radius 1 is 1.22 bits per heavy atom. The minimum atomic E-state index is 0.341. The highest BCUT2D eigenvalue weighted by Crippen LogP contribution is 2.27. The molecule has 5 heteroatoms. The number of aromatic nitrogens is 2. The number of halogens is 1. The number of rotatable bonds is 5. The van der Waals surface area contributed by atoms with Gasteiger partial charge in [-0.1, -0.05) is 22.0 Å². The fourth-order valence-electron chi connectivity index (χ4n) is 1.45. The standard InChI is InChI=1S/C13H13BrN2O2/c1-17-11-4-3-10(8-14)12(7-11)18-9-13-15-5-2-6-16-13/h2-7H,8-9H2,1H3. The van der Waals surface area contributed by atoms with Gasteiger partial charge in [-0.05, 0) is 12.1 Å². The summed E-state index contributed by atoms with van der Waals surface area (Å²) in [6.07, 6.45) is 3.39. The topological polar surface area (TPSA) is 44.2 Å². The Morgan fingerprint density at radius 2 is 2.00 bits per heavy atom. The number of hydrogen-bond acceptors (Lipinski definition) is 4. The second kappa shape index (κ2) is 6.35. The zero-order valence-corrected chi connectivity index (χ0v) is 11.6. The SMILES string of the molecule is COc1ccc(CBr)c(OCc2ncccn2)c1. The lowest BCUT2D eigenvalue weighted by atomic mass is 10.2. The molecule has 2 rings (SSSR count).